The molecule has 1 aromatic rings. The zero-order chi connectivity index (χ0) is 9.71. The second-order valence-corrected chi connectivity index (χ2v) is 4.93. The van der Waals surface area contributed by atoms with E-state index in [2.05, 4.69) is 62.2 Å². The Labute approximate surface area is 98.9 Å². The quantitative estimate of drug-likeness (QED) is 0.528. The molecule has 0 saturated heterocycles. The smallest absolute Gasteiger partial charge is 0.0495 e. The molecule has 0 saturated carbocycles. The van der Waals surface area contributed by atoms with Gasteiger partial charge in [-0.2, -0.15) is 0 Å². The lowest BCUT2D eigenvalue weighted by molar-refractivity contribution is 1.65. The molecule has 2 heteroatoms. The van der Waals surface area contributed by atoms with E-state index in [1.807, 2.05) is 6.07 Å². The summed E-state index contributed by atoms with van der Waals surface area (Å²) in [5.74, 6) is 0. The van der Waals surface area contributed by atoms with Gasteiger partial charge >= 0.3 is 0 Å². The van der Waals surface area contributed by atoms with E-state index < -0.39 is 0 Å². The fourth-order valence-electron chi connectivity index (χ4n) is 1.85. The summed E-state index contributed by atoms with van der Waals surface area (Å²) in [6.45, 7) is 0. The zero-order valence-electron chi connectivity index (χ0n) is 7.14. The van der Waals surface area contributed by atoms with E-state index in [0.717, 1.165) is 8.95 Å². The molecule has 0 heterocycles. The standard InChI is InChI=1S/C12H5Br2/c13-9-5-3-7-1-2-8-4-6-10(14)12(9)11(7)8/h1-5H/q+1. The summed E-state index contributed by atoms with van der Waals surface area (Å²) in [5.41, 5.74) is 2.56. The first kappa shape index (κ1) is 8.60. The van der Waals surface area contributed by atoms with E-state index in [4.69, 9.17) is 0 Å². The fourth-order valence-corrected chi connectivity index (χ4v) is 3.18. The minimum absolute atomic E-state index is 1.02. The molecule has 2 aliphatic carbocycles. The molecule has 14 heavy (non-hydrogen) atoms. The molecule has 0 bridgehead atoms. The Bertz CT molecular complexity index is 571. The highest BCUT2D eigenvalue weighted by Gasteiger charge is 2.23. The summed E-state index contributed by atoms with van der Waals surface area (Å²) < 4.78 is 2.14. The van der Waals surface area contributed by atoms with Crippen molar-refractivity contribution >= 4 is 42.6 Å². The minimum Gasteiger partial charge on any atom is -0.0495 e. The fraction of sp³-hybridized carbons (Fsp3) is 0. The molecular formula is C12H5Br2+. The van der Waals surface area contributed by atoms with Crippen LogP contribution in [0, 0.1) is 6.07 Å². The molecule has 0 amide bonds. The van der Waals surface area contributed by atoms with Crippen molar-refractivity contribution in [3.05, 3.63) is 45.3 Å². The predicted octanol–water partition coefficient (Wildman–Crippen LogP) is 4.71. The molecular weight excluding hydrogens is 304 g/mol. The molecule has 0 radical (unpaired) electrons. The van der Waals surface area contributed by atoms with Crippen molar-refractivity contribution in [2.75, 3.05) is 0 Å². The lowest BCUT2D eigenvalue weighted by Crippen LogP contribution is -1.82. The molecule has 3 rings (SSSR count). The van der Waals surface area contributed by atoms with Crippen LogP contribution in [-0.4, -0.2) is 0 Å². The maximum atomic E-state index is 3.57. The molecule has 0 spiro atoms. The highest BCUT2D eigenvalue weighted by Crippen LogP contribution is 2.41. The highest BCUT2D eigenvalue weighted by molar-refractivity contribution is 9.11. The third-order valence-electron chi connectivity index (χ3n) is 2.49. The second-order valence-electron chi connectivity index (χ2n) is 3.28. The minimum atomic E-state index is 1.02. The van der Waals surface area contributed by atoms with Crippen LogP contribution in [0.5, 0.6) is 0 Å². The van der Waals surface area contributed by atoms with Crippen LogP contribution < -0.4 is 0 Å². The van der Waals surface area contributed by atoms with Gasteiger partial charge in [-0.25, -0.2) is 0 Å². The van der Waals surface area contributed by atoms with Crippen molar-refractivity contribution in [1.29, 1.82) is 0 Å². The van der Waals surface area contributed by atoms with Crippen molar-refractivity contribution in [1.82, 2.24) is 0 Å². The van der Waals surface area contributed by atoms with Gasteiger partial charge < -0.3 is 0 Å². The third-order valence-corrected chi connectivity index (χ3v) is 3.78. The Balaban J connectivity index is 2.65. The summed E-state index contributed by atoms with van der Waals surface area (Å²) >= 11 is 7.10. The third kappa shape index (κ3) is 1.02. The van der Waals surface area contributed by atoms with Gasteiger partial charge in [-0.15, -0.1) is 0 Å². The van der Waals surface area contributed by atoms with Crippen molar-refractivity contribution in [2.24, 2.45) is 0 Å². The average Bonchev–Trinajstić information content (AvgIpc) is 2.58. The molecule has 0 aromatic heterocycles. The molecule has 2 aliphatic rings. The van der Waals surface area contributed by atoms with Gasteiger partial charge in [0.25, 0.3) is 0 Å². The predicted molar refractivity (Wildman–Crippen MR) is 66.0 cm³/mol. The monoisotopic (exact) mass is 307 g/mol. The van der Waals surface area contributed by atoms with Gasteiger partial charge in [-0.1, -0.05) is 0 Å². The molecule has 0 nitrogen and oxygen atoms in total. The maximum Gasteiger partial charge on any atom is 0.190 e. The normalized spacial score (nSPS) is 11.3. The van der Waals surface area contributed by atoms with Crippen molar-refractivity contribution < 1.29 is 0 Å². The first-order valence-corrected chi connectivity index (χ1v) is 5.86. The molecule has 0 atom stereocenters. The van der Waals surface area contributed by atoms with Crippen LogP contribution in [0.15, 0.2) is 39.3 Å². The lowest BCUT2D eigenvalue weighted by Gasteiger charge is -1.99. The Morgan fingerprint density at radius 3 is 2.64 bits per heavy atom. The second kappa shape index (κ2) is 2.90. The van der Waals surface area contributed by atoms with Gasteiger partial charge in [0.05, 0.1) is 16.1 Å². The van der Waals surface area contributed by atoms with Crippen molar-refractivity contribution in [3.63, 3.8) is 0 Å². The largest absolute Gasteiger partial charge is 0.190 e. The van der Waals surface area contributed by atoms with E-state index >= 15 is 0 Å². The van der Waals surface area contributed by atoms with Gasteiger partial charge in [0.2, 0.25) is 0 Å². The Hall–Kier alpha value is -0.690. The van der Waals surface area contributed by atoms with E-state index in [9.17, 15) is 0 Å². The number of benzene rings is 2. The Kier molecular flexibility index (Phi) is 1.78. The van der Waals surface area contributed by atoms with Crippen LogP contribution in [0.4, 0.5) is 0 Å². The van der Waals surface area contributed by atoms with Crippen LogP contribution >= 0.6 is 31.9 Å². The van der Waals surface area contributed by atoms with Crippen LogP contribution in [0.3, 0.4) is 0 Å². The molecule has 66 valence electrons. The zero-order valence-corrected chi connectivity index (χ0v) is 10.3. The molecule has 0 fully saturated rings. The van der Waals surface area contributed by atoms with Gasteiger partial charge in [0, 0.05) is 11.5 Å². The topological polar surface area (TPSA) is 0 Å². The van der Waals surface area contributed by atoms with E-state index in [-0.39, 0.29) is 0 Å². The number of rotatable bonds is 0. The molecule has 0 aliphatic heterocycles. The Morgan fingerprint density at radius 1 is 1.00 bits per heavy atom. The first-order valence-electron chi connectivity index (χ1n) is 4.28. The van der Waals surface area contributed by atoms with Gasteiger partial charge in [-0.05, 0) is 50.1 Å². The van der Waals surface area contributed by atoms with Gasteiger partial charge in [-0.3, -0.25) is 0 Å². The highest BCUT2D eigenvalue weighted by atomic mass is 79.9. The molecule has 1 aromatic carbocycles. The van der Waals surface area contributed by atoms with Crippen LogP contribution in [0.25, 0.3) is 21.9 Å². The Morgan fingerprint density at radius 2 is 1.79 bits per heavy atom. The van der Waals surface area contributed by atoms with Crippen molar-refractivity contribution in [3.8, 4) is 11.1 Å². The van der Waals surface area contributed by atoms with Crippen LogP contribution in [0.2, 0.25) is 0 Å². The van der Waals surface area contributed by atoms with E-state index in [1.165, 1.54) is 21.9 Å². The van der Waals surface area contributed by atoms with Gasteiger partial charge in [0.15, 0.2) is 4.47 Å². The number of halogens is 2. The SMILES string of the molecule is Brc1[c+]cc2ccc3ccc(Br)c1c3-2. The van der Waals surface area contributed by atoms with E-state index in [1.54, 1.807) is 0 Å². The van der Waals surface area contributed by atoms with E-state index in [0.29, 0.717) is 0 Å². The summed E-state index contributed by atoms with van der Waals surface area (Å²) in [5, 5.41) is 2.50. The van der Waals surface area contributed by atoms with Crippen LogP contribution in [0.1, 0.15) is 0 Å². The van der Waals surface area contributed by atoms with Crippen LogP contribution in [-0.2, 0) is 0 Å². The lowest BCUT2D eigenvalue weighted by atomic mass is 10.0. The maximum absolute atomic E-state index is 3.57. The van der Waals surface area contributed by atoms with Crippen molar-refractivity contribution in [2.45, 2.75) is 0 Å². The number of hydrogen-bond donors (Lipinski definition) is 0. The van der Waals surface area contributed by atoms with Gasteiger partial charge in [0.1, 0.15) is 17.0 Å². The summed E-state index contributed by atoms with van der Waals surface area (Å²) in [4.78, 5) is 0. The summed E-state index contributed by atoms with van der Waals surface area (Å²) in [6, 6.07) is 13.7. The average molecular weight is 309 g/mol. The summed E-state index contributed by atoms with van der Waals surface area (Å²) in [6.07, 6.45) is 0. The summed E-state index contributed by atoms with van der Waals surface area (Å²) in [7, 11) is 0. The first-order chi connectivity index (χ1) is 6.77. The molecule has 0 N–H and O–H groups in total. The number of hydrogen-bond acceptors (Lipinski definition) is 0. The molecule has 0 unspecified atom stereocenters.